The molecule has 0 bridgehead atoms. The fraction of sp³-hybridized carbons (Fsp3) is 1.00. The second-order valence-corrected chi connectivity index (χ2v) is 3.50. The monoisotopic (exact) mass is 173 g/mol. The molecule has 1 saturated heterocycles. The lowest BCUT2D eigenvalue weighted by molar-refractivity contribution is 0.0155. The smallest absolute Gasteiger partial charge is 0.0699 e. The summed E-state index contributed by atoms with van der Waals surface area (Å²) in [4.78, 5) is 0. The van der Waals surface area contributed by atoms with Crippen LogP contribution in [-0.4, -0.2) is 37.0 Å². The summed E-state index contributed by atoms with van der Waals surface area (Å²) < 4.78 is 5.52. The molecule has 1 aliphatic rings. The summed E-state index contributed by atoms with van der Waals surface area (Å²) in [6.45, 7) is 4.24. The molecule has 0 amide bonds. The molecule has 12 heavy (non-hydrogen) atoms. The van der Waals surface area contributed by atoms with Crippen LogP contribution in [0, 0.1) is 0 Å². The molecule has 1 unspecified atom stereocenters. The molecule has 0 aliphatic carbocycles. The standard InChI is InChI=1S/C9H19NO2/c1-8(11)6-10-7-9-4-2-3-5-12-9/h8-11H,2-7H2,1H3/t8-,9?/m1/s1. The van der Waals surface area contributed by atoms with Crippen molar-refractivity contribution in [2.75, 3.05) is 19.7 Å². The summed E-state index contributed by atoms with van der Waals surface area (Å²) in [6, 6.07) is 0. The van der Waals surface area contributed by atoms with Crippen molar-refractivity contribution in [3.8, 4) is 0 Å². The van der Waals surface area contributed by atoms with Gasteiger partial charge < -0.3 is 15.2 Å². The van der Waals surface area contributed by atoms with Crippen LogP contribution in [0.4, 0.5) is 0 Å². The molecule has 1 aliphatic heterocycles. The van der Waals surface area contributed by atoms with Crippen molar-refractivity contribution < 1.29 is 9.84 Å². The number of aliphatic hydroxyl groups excluding tert-OH is 1. The van der Waals surface area contributed by atoms with Crippen molar-refractivity contribution in [3.63, 3.8) is 0 Å². The lowest BCUT2D eigenvalue weighted by Crippen LogP contribution is -2.35. The molecule has 2 N–H and O–H groups in total. The summed E-state index contributed by atoms with van der Waals surface area (Å²) in [5, 5.41) is 12.2. The van der Waals surface area contributed by atoms with E-state index in [0.29, 0.717) is 12.6 Å². The minimum absolute atomic E-state index is 0.256. The van der Waals surface area contributed by atoms with Gasteiger partial charge in [-0.15, -0.1) is 0 Å². The van der Waals surface area contributed by atoms with Crippen molar-refractivity contribution in [2.45, 2.75) is 38.4 Å². The highest BCUT2D eigenvalue weighted by molar-refractivity contribution is 4.66. The largest absolute Gasteiger partial charge is 0.392 e. The van der Waals surface area contributed by atoms with Gasteiger partial charge in [-0.1, -0.05) is 0 Å². The van der Waals surface area contributed by atoms with E-state index in [-0.39, 0.29) is 6.10 Å². The Balaban J connectivity index is 1.98. The zero-order valence-corrected chi connectivity index (χ0v) is 7.75. The van der Waals surface area contributed by atoms with Crippen LogP contribution in [0.15, 0.2) is 0 Å². The van der Waals surface area contributed by atoms with Gasteiger partial charge in [-0.25, -0.2) is 0 Å². The highest BCUT2D eigenvalue weighted by Gasteiger charge is 2.12. The van der Waals surface area contributed by atoms with Crippen LogP contribution in [-0.2, 0) is 4.74 Å². The van der Waals surface area contributed by atoms with Gasteiger partial charge in [0.15, 0.2) is 0 Å². The van der Waals surface area contributed by atoms with E-state index in [9.17, 15) is 0 Å². The van der Waals surface area contributed by atoms with Crippen molar-refractivity contribution in [3.05, 3.63) is 0 Å². The van der Waals surface area contributed by atoms with Gasteiger partial charge in [0.25, 0.3) is 0 Å². The molecular weight excluding hydrogens is 154 g/mol. The molecule has 0 saturated carbocycles. The maximum atomic E-state index is 8.98. The molecule has 0 radical (unpaired) electrons. The van der Waals surface area contributed by atoms with Gasteiger partial charge in [-0.05, 0) is 26.2 Å². The van der Waals surface area contributed by atoms with E-state index in [1.54, 1.807) is 6.92 Å². The summed E-state index contributed by atoms with van der Waals surface area (Å²) >= 11 is 0. The van der Waals surface area contributed by atoms with Crippen LogP contribution < -0.4 is 5.32 Å². The summed E-state index contributed by atoms with van der Waals surface area (Å²) in [7, 11) is 0. The summed E-state index contributed by atoms with van der Waals surface area (Å²) in [5.74, 6) is 0. The third-order valence-corrected chi connectivity index (χ3v) is 2.09. The fourth-order valence-corrected chi connectivity index (χ4v) is 1.42. The lowest BCUT2D eigenvalue weighted by Gasteiger charge is -2.23. The first kappa shape index (κ1) is 9.96. The predicted octanol–water partition coefficient (Wildman–Crippen LogP) is 0.526. The second-order valence-electron chi connectivity index (χ2n) is 3.50. The maximum Gasteiger partial charge on any atom is 0.0699 e. The van der Waals surface area contributed by atoms with Crippen LogP contribution in [0.3, 0.4) is 0 Å². The molecule has 1 rings (SSSR count). The summed E-state index contributed by atoms with van der Waals surface area (Å²) in [6.07, 6.45) is 3.76. The molecule has 1 fully saturated rings. The highest BCUT2D eigenvalue weighted by atomic mass is 16.5. The van der Waals surface area contributed by atoms with Gasteiger partial charge in [0.2, 0.25) is 0 Å². The van der Waals surface area contributed by atoms with Gasteiger partial charge in [0.05, 0.1) is 12.2 Å². The van der Waals surface area contributed by atoms with Crippen molar-refractivity contribution in [2.24, 2.45) is 0 Å². The molecule has 1 heterocycles. The SMILES string of the molecule is C[C@@H](O)CNCC1CCCCO1. The predicted molar refractivity (Wildman–Crippen MR) is 48.1 cm³/mol. The maximum absolute atomic E-state index is 8.98. The van der Waals surface area contributed by atoms with Gasteiger partial charge in [0, 0.05) is 19.7 Å². The zero-order chi connectivity index (χ0) is 8.81. The number of rotatable bonds is 4. The van der Waals surface area contributed by atoms with Crippen molar-refractivity contribution >= 4 is 0 Å². The Kier molecular flexibility index (Phi) is 4.58. The second kappa shape index (κ2) is 5.51. The zero-order valence-electron chi connectivity index (χ0n) is 7.75. The van der Waals surface area contributed by atoms with E-state index in [1.165, 1.54) is 12.8 Å². The molecule has 72 valence electrons. The van der Waals surface area contributed by atoms with Crippen LogP contribution in [0.1, 0.15) is 26.2 Å². The van der Waals surface area contributed by atoms with Gasteiger partial charge in [-0.2, -0.15) is 0 Å². The quantitative estimate of drug-likeness (QED) is 0.651. The van der Waals surface area contributed by atoms with Crippen LogP contribution in [0.2, 0.25) is 0 Å². The van der Waals surface area contributed by atoms with E-state index in [1.807, 2.05) is 0 Å². The van der Waals surface area contributed by atoms with Gasteiger partial charge >= 0.3 is 0 Å². The Morgan fingerprint density at radius 1 is 1.58 bits per heavy atom. The van der Waals surface area contributed by atoms with Gasteiger partial charge in [-0.3, -0.25) is 0 Å². The normalized spacial score (nSPS) is 27.0. The number of aliphatic hydroxyl groups is 1. The minimum atomic E-state index is -0.256. The molecular formula is C9H19NO2. The number of nitrogens with one attached hydrogen (secondary N) is 1. The first-order valence-corrected chi connectivity index (χ1v) is 4.79. The Labute approximate surface area is 74.1 Å². The molecule has 2 atom stereocenters. The number of hydrogen-bond donors (Lipinski definition) is 2. The molecule has 0 aromatic heterocycles. The van der Waals surface area contributed by atoms with Crippen LogP contribution in [0.25, 0.3) is 0 Å². The Morgan fingerprint density at radius 3 is 3.00 bits per heavy atom. The molecule has 0 aromatic carbocycles. The topological polar surface area (TPSA) is 41.5 Å². The first-order valence-electron chi connectivity index (χ1n) is 4.79. The fourth-order valence-electron chi connectivity index (χ4n) is 1.42. The molecule has 0 aromatic rings. The third-order valence-electron chi connectivity index (χ3n) is 2.09. The van der Waals surface area contributed by atoms with Crippen LogP contribution in [0.5, 0.6) is 0 Å². The molecule has 3 nitrogen and oxygen atoms in total. The average molecular weight is 173 g/mol. The van der Waals surface area contributed by atoms with Crippen molar-refractivity contribution in [1.29, 1.82) is 0 Å². The number of ether oxygens (including phenoxy) is 1. The van der Waals surface area contributed by atoms with E-state index in [2.05, 4.69) is 5.32 Å². The minimum Gasteiger partial charge on any atom is -0.392 e. The van der Waals surface area contributed by atoms with E-state index < -0.39 is 0 Å². The molecule has 0 spiro atoms. The Hall–Kier alpha value is -0.120. The van der Waals surface area contributed by atoms with E-state index >= 15 is 0 Å². The average Bonchev–Trinajstić information content (AvgIpc) is 2.05. The number of hydrogen-bond acceptors (Lipinski definition) is 3. The third kappa shape index (κ3) is 4.04. The first-order chi connectivity index (χ1) is 5.79. The lowest BCUT2D eigenvalue weighted by atomic mass is 10.1. The Bertz CT molecular complexity index is 111. The molecule has 3 heteroatoms. The Morgan fingerprint density at radius 2 is 2.42 bits per heavy atom. The highest BCUT2D eigenvalue weighted by Crippen LogP contribution is 2.11. The van der Waals surface area contributed by atoms with E-state index in [4.69, 9.17) is 9.84 Å². The van der Waals surface area contributed by atoms with Crippen molar-refractivity contribution in [1.82, 2.24) is 5.32 Å². The van der Waals surface area contributed by atoms with Crippen LogP contribution >= 0.6 is 0 Å². The van der Waals surface area contributed by atoms with Gasteiger partial charge in [0.1, 0.15) is 0 Å². The summed E-state index contributed by atoms with van der Waals surface area (Å²) in [5.41, 5.74) is 0. The van der Waals surface area contributed by atoms with E-state index in [0.717, 1.165) is 19.6 Å².